The molecule has 0 bridgehead atoms. The highest BCUT2D eigenvalue weighted by atomic mass is 19.1. The van der Waals surface area contributed by atoms with E-state index in [2.05, 4.69) is 43.3 Å². The molecular weight excluding hydrogens is 331 g/mol. The topological polar surface area (TPSA) is 0 Å². The lowest BCUT2D eigenvalue weighted by atomic mass is 9.97. The first-order valence-corrected chi connectivity index (χ1v) is 9.29. The van der Waals surface area contributed by atoms with Gasteiger partial charge in [0.15, 0.2) is 0 Å². The molecule has 0 saturated carbocycles. The summed E-state index contributed by atoms with van der Waals surface area (Å²) in [5.74, 6) is -0.198. The highest BCUT2D eigenvalue weighted by Gasteiger charge is 2.08. The number of hydrogen-bond donors (Lipinski definition) is 0. The van der Waals surface area contributed by atoms with Crippen molar-refractivity contribution < 1.29 is 4.39 Å². The monoisotopic (exact) mass is 352 g/mol. The minimum atomic E-state index is -0.198. The van der Waals surface area contributed by atoms with Crippen LogP contribution in [0.1, 0.15) is 12.5 Å². The molecule has 0 amide bonds. The smallest absolute Gasteiger partial charge is 0.131 e. The summed E-state index contributed by atoms with van der Waals surface area (Å²) in [4.78, 5) is 0. The Morgan fingerprint density at radius 3 is 1.67 bits per heavy atom. The standard InChI is InChI=1S/C26H21F/c1-2-19-8-10-21(11-9-19)22-12-14-23(15-13-22)25-17-16-24(18-26(25)27)20-6-4-3-5-7-20/h3-18H,2H2,1H3. The summed E-state index contributed by atoms with van der Waals surface area (Å²) in [6, 6.07) is 32.0. The van der Waals surface area contributed by atoms with Crippen LogP contribution in [0.4, 0.5) is 4.39 Å². The van der Waals surface area contributed by atoms with Gasteiger partial charge in [0.05, 0.1) is 0 Å². The first-order chi connectivity index (χ1) is 13.2. The molecule has 0 atom stereocenters. The van der Waals surface area contributed by atoms with Crippen molar-refractivity contribution in [3.8, 4) is 33.4 Å². The van der Waals surface area contributed by atoms with Crippen LogP contribution < -0.4 is 0 Å². The molecule has 4 aromatic rings. The Hall–Kier alpha value is -3.19. The molecular formula is C26H21F. The lowest BCUT2D eigenvalue weighted by Gasteiger charge is -2.09. The fourth-order valence-electron chi connectivity index (χ4n) is 3.33. The Labute approximate surface area is 159 Å². The van der Waals surface area contributed by atoms with Gasteiger partial charge >= 0.3 is 0 Å². The van der Waals surface area contributed by atoms with Crippen molar-refractivity contribution in [2.24, 2.45) is 0 Å². The molecule has 0 aromatic heterocycles. The fraction of sp³-hybridized carbons (Fsp3) is 0.0769. The fourth-order valence-corrected chi connectivity index (χ4v) is 3.33. The number of hydrogen-bond acceptors (Lipinski definition) is 0. The molecule has 4 rings (SSSR count). The predicted octanol–water partition coefficient (Wildman–Crippen LogP) is 7.39. The van der Waals surface area contributed by atoms with Crippen molar-refractivity contribution >= 4 is 0 Å². The van der Waals surface area contributed by atoms with E-state index in [1.807, 2.05) is 54.6 Å². The zero-order valence-electron chi connectivity index (χ0n) is 15.3. The summed E-state index contributed by atoms with van der Waals surface area (Å²) >= 11 is 0. The van der Waals surface area contributed by atoms with Crippen LogP contribution in [0.5, 0.6) is 0 Å². The van der Waals surface area contributed by atoms with Gasteiger partial charge in [0.1, 0.15) is 5.82 Å². The van der Waals surface area contributed by atoms with E-state index < -0.39 is 0 Å². The van der Waals surface area contributed by atoms with E-state index in [1.54, 1.807) is 6.07 Å². The van der Waals surface area contributed by atoms with Crippen LogP contribution >= 0.6 is 0 Å². The predicted molar refractivity (Wildman–Crippen MR) is 112 cm³/mol. The van der Waals surface area contributed by atoms with E-state index in [-0.39, 0.29) is 5.82 Å². The largest absolute Gasteiger partial charge is 0.206 e. The summed E-state index contributed by atoms with van der Waals surface area (Å²) in [5.41, 5.74) is 7.08. The molecule has 0 fully saturated rings. The molecule has 0 unspecified atom stereocenters. The van der Waals surface area contributed by atoms with E-state index >= 15 is 0 Å². The molecule has 0 radical (unpaired) electrons. The minimum Gasteiger partial charge on any atom is -0.206 e. The molecule has 0 heterocycles. The van der Waals surface area contributed by atoms with Gasteiger partial charge in [-0.3, -0.25) is 0 Å². The first-order valence-electron chi connectivity index (χ1n) is 9.29. The highest BCUT2D eigenvalue weighted by Crippen LogP contribution is 2.30. The van der Waals surface area contributed by atoms with Crippen LogP contribution in [0.15, 0.2) is 97.1 Å². The maximum absolute atomic E-state index is 14.7. The second-order valence-corrected chi connectivity index (χ2v) is 6.69. The van der Waals surface area contributed by atoms with Crippen LogP contribution in [0, 0.1) is 5.82 Å². The molecule has 4 aromatic carbocycles. The molecule has 0 aliphatic heterocycles. The summed E-state index contributed by atoms with van der Waals surface area (Å²) in [7, 11) is 0. The average molecular weight is 352 g/mol. The van der Waals surface area contributed by atoms with Gasteiger partial charge in [0, 0.05) is 5.56 Å². The van der Waals surface area contributed by atoms with Crippen LogP contribution in [0.25, 0.3) is 33.4 Å². The third-order valence-corrected chi connectivity index (χ3v) is 4.97. The Morgan fingerprint density at radius 2 is 1.07 bits per heavy atom. The normalized spacial score (nSPS) is 10.7. The van der Waals surface area contributed by atoms with Crippen molar-refractivity contribution in [3.63, 3.8) is 0 Å². The minimum absolute atomic E-state index is 0.198. The third-order valence-electron chi connectivity index (χ3n) is 4.97. The van der Waals surface area contributed by atoms with Gasteiger partial charge in [-0.25, -0.2) is 4.39 Å². The van der Waals surface area contributed by atoms with Gasteiger partial charge in [-0.05, 0) is 45.9 Å². The van der Waals surface area contributed by atoms with Crippen molar-refractivity contribution in [2.45, 2.75) is 13.3 Å². The van der Waals surface area contributed by atoms with Gasteiger partial charge in [-0.15, -0.1) is 0 Å². The zero-order chi connectivity index (χ0) is 18.6. The summed E-state index contributed by atoms with van der Waals surface area (Å²) < 4.78 is 14.7. The summed E-state index contributed by atoms with van der Waals surface area (Å²) in [6.07, 6.45) is 1.04. The lowest BCUT2D eigenvalue weighted by Crippen LogP contribution is -1.87. The Kier molecular flexibility index (Phi) is 4.84. The van der Waals surface area contributed by atoms with Gasteiger partial charge in [-0.2, -0.15) is 0 Å². The summed E-state index contributed by atoms with van der Waals surface area (Å²) in [6.45, 7) is 2.15. The molecule has 0 aliphatic rings. The van der Waals surface area contributed by atoms with E-state index in [4.69, 9.17) is 0 Å². The van der Waals surface area contributed by atoms with Crippen LogP contribution in [-0.4, -0.2) is 0 Å². The zero-order valence-corrected chi connectivity index (χ0v) is 15.3. The molecule has 27 heavy (non-hydrogen) atoms. The average Bonchev–Trinajstić information content (AvgIpc) is 2.74. The van der Waals surface area contributed by atoms with Gasteiger partial charge in [0.2, 0.25) is 0 Å². The SMILES string of the molecule is CCc1ccc(-c2ccc(-c3ccc(-c4ccccc4)cc3F)cc2)cc1. The van der Waals surface area contributed by atoms with E-state index in [1.165, 1.54) is 11.1 Å². The van der Waals surface area contributed by atoms with E-state index in [0.717, 1.165) is 28.7 Å². The maximum Gasteiger partial charge on any atom is 0.131 e. The maximum atomic E-state index is 14.7. The Bertz CT molecular complexity index is 1030. The lowest BCUT2D eigenvalue weighted by molar-refractivity contribution is 0.632. The van der Waals surface area contributed by atoms with Crippen LogP contribution in [-0.2, 0) is 6.42 Å². The molecule has 0 N–H and O–H groups in total. The van der Waals surface area contributed by atoms with Gasteiger partial charge in [-0.1, -0.05) is 97.9 Å². The van der Waals surface area contributed by atoms with E-state index in [9.17, 15) is 4.39 Å². The van der Waals surface area contributed by atoms with Crippen molar-refractivity contribution in [1.82, 2.24) is 0 Å². The first kappa shape index (κ1) is 17.2. The summed E-state index contributed by atoms with van der Waals surface area (Å²) in [5, 5.41) is 0. The third kappa shape index (κ3) is 3.68. The molecule has 1 heteroatoms. The Balaban J connectivity index is 1.62. The number of halogens is 1. The van der Waals surface area contributed by atoms with Crippen molar-refractivity contribution in [1.29, 1.82) is 0 Å². The number of rotatable bonds is 4. The second-order valence-electron chi connectivity index (χ2n) is 6.69. The van der Waals surface area contributed by atoms with Crippen LogP contribution in [0.2, 0.25) is 0 Å². The molecule has 132 valence electrons. The highest BCUT2D eigenvalue weighted by molar-refractivity contribution is 5.73. The quantitative estimate of drug-likeness (QED) is 0.359. The molecule has 0 aliphatic carbocycles. The van der Waals surface area contributed by atoms with Crippen molar-refractivity contribution in [2.75, 3.05) is 0 Å². The van der Waals surface area contributed by atoms with Crippen molar-refractivity contribution in [3.05, 3.63) is 108 Å². The number of aryl methyl sites for hydroxylation is 1. The van der Waals surface area contributed by atoms with Crippen LogP contribution in [0.3, 0.4) is 0 Å². The second kappa shape index (κ2) is 7.59. The van der Waals surface area contributed by atoms with E-state index in [0.29, 0.717) is 5.56 Å². The molecule has 0 saturated heterocycles. The Morgan fingerprint density at radius 1 is 0.556 bits per heavy atom. The van der Waals surface area contributed by atoms with Gasteiger partial charge in [0.25, 0.3) is 0 Å². The van der Waals surface area contributed by atoms with Gasteiger partial charge < -0.3 is 0 Å². The molecule has 0 nitrogen and oxygen atoms in total. The molecule has 0 spiro atoms. The number of benzene rings is 4.